The maximum absolute atomic E-state index is 12.6. The van der Waals surface area contributed by atoms with E-state index in [2.05, 4.69) is 34.9 Å². The Bertz CT molecular complexity index is 477. The van der Waals surface area contributed by atoms with Crippen LogP contribution in [0.15, 0.2) is 30.3 Å². The van der Waals surface area contributed by atoms with Crippen molar-refractivity contribution in [1.29, 1.82) is 0 Å². The molecule has 1 aliphatic heterocycles. The van der Waals surface area contributed by atoms with Crippen molar-refractivity contribution in [2.24, 2.45) is 0 Å². The van der Waals surface area contributed by atoms with Crippen LogP contribution in [-0.4, -0.2) is 31.7 Å². The molecule has 120 valence electrons. The van der Waals surface area contributed by atoms with Crippen molar-refractivity contribution in [3.8, 4) is 0 Å². The summed E-state index contributed by atoms with van der Waals surface area (Å²) in [7, 11) is 0. The number of nitrogens with one attached hydrogen (secondary N) is 2. The number of hydrogen-bond donors (Lipinski definition) is 2. The van der Waals surface area contributed by atoms with Crippen molar-refractivity contribution in [2.75, 3.05) is 19.8 Å². The van der Waals surface area contributed by atoms with Gasteiger partial charge in [-0.05, 0) is 18.4 Å². The fraction of sp³-hybridized carbons (Fsp3) is 0.611. The zero-order chi connectivity index (χ0) is 15.3. The number of morpholine rings is 1. The van der Waals surface area contributed by atoms with E-state index in [1.54, 1.807) is 0 Å². The van der Waals surface area contributed by atoms with Crippen LogP contribution in [-0.2, 0) is 15.1 Å². The van der Waals surface area contributed by atoms with E-state index >= 15 is 0 Å². The largest absolute Gasteiger partial charge is 0.378 e. The van der Waals surface area contributed by atoms with E-state index in [0.29, 0.717) is 13.0 Å². The molecule has 1 heterocycles. The van der Waals surface area contributed by atoms with E-state index in [9.17, 15) is 4.79 Å². The van der Waals surface area contributed by atoms with Crippen LogP contribution in [0.4, 0.5) is 0 Å². The standard InChI is InChI=1S/C18H26N2O2/c21-17(13-16-14-22-12-11-19-16)20-18(9-5-2-6-10-18)15-7-3-1-4-8-15/h1,3-4,7-8,16,19H,2,5-6,9-14H2,(H,20,21). The van der Waals surface area contributed by atoms with Gasteiger partial charge in [-0.25, -0.2) is 0 Å². The van der Waals surface area contributed by atoms with Gasteiger partial charge in [0.25, 0.3) is 0 Å². The lowest BCUT2D eigenvalue weighted by Crippen LogP contribution is -2.50. The molecular weight excluding hydrogens is 276 g/mol. The molecule has 0 radical (unpaired) electrons. The van der Waals surface area contributed by atoms with Crippen LogP contribution in [0.25, 0.3) is 0 Å². The maximum atomic E-state index is 12.6. The van der Waals surface area contributed by atoms with E-state index in [-0.39, 0.29) is 17.5 Å². The molecule has 2 aliphatic rings. The molecule has 2 fully saturated rings. The maximum Gasteiger partial charge on any atom is 0.222 e. The highest BCUT2D eigenvalue weighted by atomic mass is 16.5. The molecule has 3 rings (SSSR count). The Morgan fingerprint density at radius 2 is 2.00 bits per heavy atom. The first-order valence-corrected chi connectivity index (χ1v) is 8.46. The SMILES string of the molecule is O=C(CC1COCCN1)NC1(c2ccccc2)CCCCC1. The smallest absolute Gasteiger partial charge is 0.222 e. The van der Waals surface area contributed by atoms with Gasteiger partial charge in [0.2, 0.25) is 5.91 Å². The van der Waals surface area contributed by atoms with Crippen molar-refractivity contribution in [3.63, 3.8) is 0 Å². The molecule has 1 aromatic carbocycles. The minimum atomic E-state index is -0.174. The quantitative estimate of drug-likeness (QED) is 0.897. The topological polar surface area (TPSA) is 50.4 Å². The molecule has 0 aromatic heterocycles. The fourth-order valence-electron chi connectivity index (χ4n) is 3.69. The van der Waals surface area contributed by atoms with Crippen LogP contribution in [0, 0.1) is 0 Å². The first-order valence-electron chi connectivity index (χ1n) is 8.46. The third-order valence-corrected chi connectivity index (χ3v) is 4.84. The van der Waals surface area contributed by atoms with Crippen molar-refractivity contribution in [1.82, 2.24) is 10.6 Å². The minimum Gasteiger partial charge on any atom is -0.378 e. The van der Waals surface area contributed by atoms with Gasteiger partial charge in [-0.2, -0.15) is 0 Å². The zero-order valence-corrected chi connectivity index (χ0v) is 13.1. The fourth-order valence-corrected chi connectivity index (χ4v) is 3.69. The number of carbonyl (C=O) groups is 1. The van der Waals surface area contributed by atoms with Crippen LogP contribution in [0.1, 0.15) is 44.1 Å². The molecular formula is C18H26N2O2. The Balaban J connectivity index is 1.68. The number of benzene rings is 1. The van der Waals surface area contributed by atoms with Crippen LogP contribution in [0.2, 0.25) is 0 Å². The zero-order valence-electron chi connectivity index (χ0n) is 13.1. The highest BCUT2D eigenvalue weighted by Crippen LogP contribution is 2.37. The van der Waals surface area contributed by atoms with E-state index in [1.807, 2.05) is 6.07 Å². The van der Waals surface area contributed by atoms with Gasteiger partial charge in [-0.3, -0.25) is 4.79 Å². The van der Waals surface area contributed by atoms with E-state index in [1.165, 1.54) is 24.8 Å². The number of ether oxygens (including phenoxy) is 1. The molecule has 1 aliphatic carbocycles. The third kappa shape index (κ3) is 3.68. The lowest BCUT2D eigenvalue weighted by Gasteiger charge is -2.39. The predicted molar refractivity (Wildman–Crippen MR) is 86.6 cm³/mol. The summed E-state index contributed by atoms with van der Waals surface area (Å²) < 4.78 is 5.44. The molecule has 1 unspecified atom stereocenters. The second-order valence-corrected chi connectivity index (χ2v) is 6.49. The first kappa shape index (κ1) is 15.5. The molecule has 1 saturated carbocycles. The summed E-state index contributed by atoms with van der Waals surface area (Å²) in [6.07, 6.45) is 6.20. The summed E-state index contributed by atoms with van der Waals surface area (Å²) in [6, 6.07) is 10.6. The summed E-state index contributed by atoms with van der Waals surface area (Å²) in [5.74, 6) is 0.133. The second kappa shape index (κ2) is 7.25. The summed E-state index contributed by atoms with van der Waals surface area (Å²) in [5.41, 5.74) is 1.07. The van der Waals surface area contributed by atoms with Crippen molar-refractivity contribution < 1.29 is 9.53 Å². The molecule has 0 spiro atoms. The molecule has 1 saturated heterocycles. The van der Waals surface area contributed by atoms with Gasteiger partial charge >= 0.3 is 0 Å². The lowest BCUT2D eigenvalue weighted by molar-refractivity contribution is -0.124. The van der Waals surface area contributed by atoms with Gasteiger partial charge in [0.1, 0.15) is 0 Å². The molecule has 1 atom stereocenters. The summed E-state index contributed by atoms with van der Waals surface area (Å²) in [6.45, 7) is 2.21. The first-order chi connectivity index (χ1) is 10.8. The summed E-state index contributed by atoms with van der Waals surface area (Å²) in [4.78, 5) is 12.6. The highest BCUT2D eigenvalue weighted by Gasteiger charge is 2.35. The van der Waals surface area contributed by atoms with Gasteiger partial charge in [-0.15, -0.1) is 0 Å². The van der Waals surface area contributed by atoms with E-state index in [4.69, 9.17) is 4.74 Å². The number of amides is 1. The van der Waals surface area contributed by atoms with E-state index < -0.39 is 0 Å². The molecule has 4 nitrogen and oxygen atoms in total. The average Bonchev–Trinajstić information content (AvgIpc) is 2.57. The molecule has 4 heteroatoms. The number of carbonyl (C=O) groups excluding carboxylic acids is 1. The lowest BCUT2D eigenvalue weighted by atomic mass is 9.76. The molecule has 1 aromatic rings. The molecule has 22 heavy (non-hydrogen) atoms. The van der Waals surface area contributed by atoms with Crippen LogP contribution in [0.3, 0.4) is 0 Å². The van der Waals surface area contributed by atoms with Gasteiger partial charge in [0, 0.05) is 19.0 Å². The van der Waals surface area contributed by atoms with Gasteiger partial charge in [-0.1, -0.05) is 49.6 Å². The van der Waals surface area contributed by atoms with Gasteiger partial charge in [0.05, 0.1) is 18.8 Å². The summed E-state index contributed by atoms with van der Waals surface area (Å²) >= 11 is 0. The highest BCUT2D eigenvalue weighted by molar-refractivity contribution is 5.77. The van der Waals surface area contributed by atoms with Crippen LogP contribution < -0.4 is 10.6 Å². The Morgan fingerprint density at radius 3 is 2.68 bits per heavy atom. The Morgan fingerprint density at radius 1 is 1.23 bits per heavy atom. The van der Waals surface area contributed by atoms with Gasteiger partial charge < -0.3 is 15.4 Å². The normalized spacial score (nSPS) is 24.6. The third-order valence-electron chi connectivity index (χ3n) is 4.84. The Kier molecular flexibility index (Phi) is 5.11. The monoisotopic (exact) mass is 302 g/mol. The second-order valence-electron chi connectivity index (χ2n) is 6.49. The molecule has 2 N–H and O–H groups in total. The van der Waals surface area contributed by atoms with Crippen molar-refractivity contribution in [3.05, 3.63) is 35.9 Å². The van der Waals surface area contributed by atoms with Crippen LogP contribution >= 0.6 is 0 Å². The molecule has 1 amide bonds. The Labute approximate surface area is 132 Å². The Hall–Kier alpha value is -1.39. The van der Waals surface area contributed by atoms with E-state index in [0.717, 1.165) is 26.0 Å². The number of hydrogen-bond acceptors (Lipinski definition) is 3. The predicted octanol–water partition coefficient (Wildman–Crippen LogP) is 2.34. The molecule has 0 bridgehead atoms. The van der Waals surface area contributed by atoms with Gasteiger partial charge in [0.15, 0.2) is 0 Å². The van der Waals surface area contributed by atoms with Crippen molar-refractivity contribution in [2.45, 2.75) is 50.1 Å². The minimum absolute atomic E-state index is 0.133. The van der Waals surface area contributed by atoms with Crippen molar-refractivity contribution >= 4 is 5.91 Å². The summed E-state index contributed by atoms with van der Waals surface area (Å²) in [5, 5.41) is 6.72. The number of rotatable bonds is 4. The average molecular weight is 302 g/mol. The van der Waals surface area contributed by atoms with Crippen LogP contribution in [0.5, 0.6) is 0 Å².